The van der Waals surface area contributed by atoms with Crippen molar-refractivity contribution in [2.45, 2.75) is 58.5 Å². The van der Waals surface area contributed by atoms with Crippen LogP contribution in [0.2, 0.25) is 0 Å². The summed E-state index contributed by atoms with van der Waals surface area (Å²) in [5.74, 6) is 0. The molecule has 0 aromatic rings. The molecule has 1 rings (SSSR count). The third-order valence-corrected chi connectivity index (χ3v) is 2.21. The molecule has 1 aliphatic heterocycles. The first-order chi connectivity index (χ1) is 6.06. The fourth-order valence-electron chi connectivity index (χ4n) is 1.59. The fourth-order valence-corrected chi connectivity index (χ4v) is 1.59. The van der Waals surface area contributed by atoms with E-state index >= 15 is 0 Å². The quantitative estimate of drug-likeness (QED) is 0.686. The molecular formula is C10H22O3. The molecule has 1 heterocycles. The minimum atomic E-state index is -0.663. The molecule has 0 saturated carbocycles. The zero-order chi connectivity index (χ0) is 10.5. The summed E-state index contributed by atoms with van der Waals surface area (Å²) >= 11 is 0. The monoisotopic (exact) mass is 190 g/mol. The number of methoxy groups -OCH3 is 1. The van der Waals surface area contributed by atoms with Crippen molar-refractivity contribution >= 4 is 0 Å². The highest BCUT2D eigenvalue weighted by atomic mass is 16.6. The second-order valence-corrected chi connectivity index (χ2v) is 3.46. The van der Waals surface area contributed by atoms with Crippen LogP contribution in [-0.2, 0) is 9.47 Å². The maximum absolute atomic E-state index is 9.24. The van der Waals surface area contributed by atoms with Gasteiger partial charge in [-0.3, -0.25) is 0 Å². The smallest absolute Gasteiger partial charge is 0.157 e. The van der Waals surface area contributed by atoms with E-state index in [1.165, 1.54) is 0 Å². The molecule has 3 heteroatoms. The number of ether oxygens (including phenoxy) is 2. The van der Waals surface area contributed by atoms with Gasteiger partial charge in [0.25, 0.3) is 0 Å². The minimum Gasteiger partial charge on any atom is -0.378 e. The molecule has 0 bridgehead atoms. The summed E-state index contributed by atoms with van der Waals surface area (Å²) in [5, 5.41) is 9.24. The lowest BCUT2D eigenvalue weighted by molar-refractivity contribution is -0.215. The summed E-state index contributed by atoms with van der Waals surface area (Å²) in [7, 11) is 1.67. The Hall–Kier alpha value is -0.120. The lowest BCUT2D eigenvalue weighted by Gasteiger charge is -2.38. The Morgan fingerprint density at radius 3 is 2.31 bits per heavy atom. The van der Waals surface area contributed by atoms with Crippen molar-refractivity contribution in [1.29, 1.82) is 0 Å². The molecule has 0 aromatic carbocycles. The number of aliphatic hydroxyl groups is 1. The van der Waals surface area contributed by atoms with Crippen molar-refractivity contribution in [3.05, 3.63) is 0 Å². The van der Waals surface area contributed by atoms with Crippen LogP contribution in [0.4, 0.5) is 0 Å². The molecule has 0 aromatic heterocycles. The molecule has 0 aliphatic carbocycles. The molecule has 0 amide bonds. The molecule has 0 spiro atoms. The predicted octanol–water partition coefficient (Wildman–Crippen LogP) is 1.93. The maximum Gasteiger partial charge on any atom is 0.157 e. The van der Waals surface area contributed by atoms with Crippen molar-refractivity contribution in [3.8, 4) is 0 Å². The van der Waals surface area contributed by atoms with Crippen LogP contribution >= 0.6 is 0 Å². The highest BCUT2D eigenvalue weighted by Crippen LogP contribution is 2.29. The summed E-state index contributed by atoms with van der Waals surface area (Å²) < 4.78 is 10.4. The van der Waals surface area contributed by atoms with Crippen LogP contribution < -0.4 is 0 Å². The van der Waals surface area contributed by atoms with E-state index in [-0.39, 0.29) is 11.7 Å². The molecule has 80 valence electrons. The molecule has 3 nitrogen and oxygen atoms in total. The van der Waals surface area contributed by atoms with E-state index < -0.39 is 6.29 Å². The van der Waals surface area contributed by atoms with Gasteiger partial charge in [0.15, 0.2) is 6.29 Å². The van der Waals surface area contributed by atoms with Crippen LogP contribution in [0.25, 0.3) is 0 Å². The van der Waals surface area contributed by atoms with E-state index in [0.717, 1.165) is 6.42 Å². The van der Waals surface area contributed by atoms with E-state index in [4.69, 9.17) is 9.47 Å². The Kier molecular flexibility index (Phi) is 5.53. The highest BCUT2D eigenvalue weighted by Gasteiger charge is 2.35. The normalized spacial score (nSPS) is 39.2. The first kappa shape index (κ1) is 12.9. The summed E-state index contributed by atoms with van der Waals surface area (Å²) in [4.78, 5) is 0. The molecule has 1 N–H and O–H groups in total. The van der Waals surface area contributed by atoms with Gasteiger partial charge in [-0.2, -0.15) is 0 Å². The Bertz CT molecular complexity index is 126. The van der Waals surface area contributed by atoms with Crippen LogP contribution in [0.5, 0.6) is 0 Å². The second-order valence-electron chi connectivity index (χ2n) is 3.46. The minimum absolute atomic E-state index is 0.0868. The zero-order valence-electron chi connectivity index (χ0n) is 9.33. The van der Waals surface area contributed by atoms with Crippen LogP contribution in [0.3, 0.4) is 0 Å². The lowest BCUT2D eigenvalue weighted by Crippen LogP contribution is -2.43. The van der Waals surface area contributed by atoms with E-state index in [0.29, 0.717) is 6.42 Å². The van der Waals surface area contributed by atoms with Crippen LogP contribution in [-0.4, -0.2) is 30.2 Å². The van der Waals surface area contributed by atoms with Gasteiger partial charge in [0.05, 0.1) is 11.7 Å². The Labute approximate surface area is 81.0 Å². The molecule has 3 atom stereocenters. The summed E-state index contributed by atoms with van der Waals surface area (Å²) in [5.41, 5.74) is -0.211. The molecule has 1 fully saturated rings. The second kappa shape index (κ2) is 5.58. The van der Waals surface area contributed by atoms with Crippen molar-refractivity contribution in [3.63, 3.8) is 0 Å². The number of hydrogen-bond acceptors (Lipinski definition) is 3. The van der Waals surface area contributed by atoms with Gasteiger partial charge in [-0.1, -0.05) is 13.8 Å². The largest absolute Gasteiger partial charge is 0.378 e. The maximum atomic E-state index is 9.24. The molecular weight excluding hydrogens is 168 g/mol. The van der Waals surface area contributed by atoms with Gasteiger partial charge < -0.3 is 14.6 Å². The van der Waals surface area contributed by atoms with Gasteiger partial charge in [-0.25, -0.2) is 0 Å². The average Bonchev–Trinajstić information content (AvgIpc) is 2.06. The highest BCUT2D eigenvalue weighted by molar-refractivity contribution is 4.82. The van der Waals surface area contributed by atoms with Crippen LogP contribution in [0.1, 0.15) is 40.5 Å². The number of aliphatic hydroxyl groups excluding tert-OH is 1. The lowest BCUT2D eigenvalue weighted by atomic mass is 9.92. The van der Waals surface area contributed by atoms with Crippen molar-refractivity contribution < 1.29 is 14.6 Å². The summed E-state index contributed by atoms with van der Waals surface area (Å²) in [6.07, 6.45) is 0.835. The third kappa shape index (κ3) is 4.07. The van der Waals surface area contributed by atoms with Crippen LogP contribution in [0, 0.1) is 0 Å². The van der Waals surface area contributed by atoms with Gasteiger partial charge in [0.1, 0.15) is 0 Å². The SMILES string of the molecule is CC.CO[C@@]1(C)C[C@H](C)O[C@@H](O)C1. The first-order valence-electron chi connectivity index (χ1n) is 4.94. The number of rotatable bonds is 1. The van der Waals surface area contributed by atoms with Gasteiger partial charge in [0.2, 0.25) is 0 Å². The van der Waals surface area contributed by atoms with Crippen molar-refractivity contribution in [1.82, 2.24) is 0 Å². The molecule has 0 radical (unpaired) electrons. The average molecular weight is 190 g/mol. The van der Waals surface area contributed by atoms with Crippen LogP contribution in [0.15, 0.2) is 0 Å². The summed E-state index contributed by atoms with van der Waals surface area (Å²) in [6.45, 7) is 7.94. The first-order valence-corrected chi connectivity index (χ1v) is 4.94. The van der Waals surface area contributed by atoms with E-state index in [1.54, 1.807) is 7.11 Å². The summed E-state index contributed by atoms with van der Waals surface area (Å²) in [6, 6.07) is 0. The Morgan fingerprint density at radius 2 is 1.92 bits per heavy atom. The van der Waals surface area contributed by atoms with Crippen molar-refractivity contribution in [2.24, 2.45) is 0 Å². The Morgan fingerprint density at radius 1 is 1.38 bits per heavy atom. The zero-order valence-corrected chi connectivity index (χ0v) is 9.33. The van der Waals surface area contributed by atoms with Gasteiger partial charge in [0, 0.05) is 20.0 Å². The molecule has 1 aliphatic rings. The van der Waals surface area contributed by atoms with E-state index in [1.807, 2.05) is 27.7 Å². The van der Waals surface area contributed by atoms with Gasteiger partial charge in [-0.15, -0.1) is 0 Å². The van der Waals surface area contributed by atoms with Crippen molar-refractivity contribution in [2.75, 3.05) is 7.11 Å². The topological polar surface area (TPSA) is 38.7 Å². The third-order valence-electron chi connectivity index (χ3n) is 2.21. The number of hydrogen-bond donors (Lipinski definition) is 1. The molecule has 13 heavy (non-hydrogen) atoms. The van der Waals surface area contributed by atoms with E-state index in [9.17, 15) is 5.11 Å². The molecule has 1 saturated heterocycles. The Balaban J connectivity index is 0.000000671. The predicted molar refractivity (Wildman–Crippen MR) is 52.5 cm³/mol. The standard InChI is InChI=1S/C8H16O3.C2H6/c1-6-4-8(2,10-3)5-7(9)11-6;1-2/h6-7,9H,4-5H2,1-3H3;1-2H3/t6-,7+,8-;/m0./s1. The van der Waals surface area contributed by atoms with E-state index in [2.05, 4.69) is 0 Å². The van der Waals surface area contributed by atoms with Gasteiger partial charge >= 0.3 is 0 Å². The molecule has 0 unspecified atom stereocenters. The van der Waals surface area contributed by atoms with Gasteiger partial charge in [-0.05, 0) is 13.8 Å². The fraction of sp³-hybridized carbons (Fsp3) is 1.00.